The Balaban J connectivity index is 1.36. The fraction of sp³-hybridized carbons (Fsp3) is 0. The lowest BCUT2D eigenvalue weighted by Crippen LogP contribution is -1.92. The summed E-state index contributed by atoms with van der Waals surface area (Å²) >= 11 is 0. The summed E-state index contributed by atoms with van der Waals surface area (Å²) in [6.45, 7) is 0. The number of rotatable bonds is 4. The van der Waals surface area contributed by atoms with Crippen molar-refractivity contribution in [2.24, 2.45) is 0 Å². The van der Waals surface area contributed by atoms with Gasteiger partial charge in [-0.15, -0.1) is 0 Å². The smallest absolute Gasteiger partial charge is 0.159 e. The van der Waals surface area contributed by atoms with E-state index in [0.717, 1.165) is 22.6 Å². The van der Waals surface area contributed by atoms with Gasteiger partial charge in [0.25, 0.3) is 0 Å². The molecule has 0 aliphatic carbocycles. The van der Waals surface area contributed by atoms with Gasteiger partial charge >= 0.3 is 0 Å². The van der Waals surface area contributed by atoms with E-state index in [2.05, 4.69) is 112 Å². The van der Waals surface area contributed by atoms with Crippen LogP contribution in [-0.4, -0.2) is 15.0 Å². The van der Waals surface area contributed by atoms with Crippen LogP contribution in [0.2, 0.25) is 0 Å². The molecule has 8 rings (SSSR count). The molecular formula is C37H23N3. The Morgan fingerprint density at radius 1 is 0.375 bits per heavy atom. The summed E-state index contributed by atoms with van der Waals surface area (Å²) in [6.07, 6.45) is 5.40. The molecule has 8 aromatic rings. The lowest BCUT2D eigenvalue weighted by atomic mass is 9.85. The van der Waals surface area contributed by atoms with Gasteiger partial charge in [0.2, 0.25) is 0 Å². The number of hydrogen-bond acceptors (Lipinski definition) is 3. The SMILES string of the molecule is c1ccc(-c2ccc(-c3cc(-c4ccc(-c5ncccn5)cc4)c4ccc5cccc6ccc3c4c65)cc2)nc1. The summed E-state index contributed by atoms with van der Waals surface area (Å²) in [4.78, 5) is 13.4. The van der Waals surface area contributed by atoms with E-state index < -0.39 is 0 Å². The third kappa shape index (κ3) is 3.63. The molecule has 0 amide bonds. The van der Waals surface area contributed by atoms with Gasteiger partial charge in [0.1, 0.15) is 0 Å². The molecule has 0 radical (unpaired) electrons. The molecule has 40 heavy (non-hydrogen) atoms. The second-order valence-electron chi connectivity index (χ2n) is 10.1. The highest BCUT2D eigenvalue weighted by Gasteiger charge is 2.17. The van der Waals surface area contributed by atoms with E-state index in [1.165, 1.54) is 54.6 Å². The van der Waals surface area contributed by atoms with Crippen molar-refractivity contribution in [1.82, 2.24) is 15.0 Å². The third-order valence-corrected chi connectivity index (χ3v) is 7.82. The first-order valence-corrected chi connectivity index (χ1v) is 13.4. The van der Waals surface area contributed by atoms with Crippen LogP contribution in [0.1, 0.15) is 0 Å². The molecule has 0 spiro atoms. The molecule has 3 heteroatoms. The van der Waals surface area contributed by atoms with Crippen molar-refractivity contribution in [3.8, 4) is 44.9 Å². The fourth-order valence-electron chi connectivity index (χ4n) is 5.91. The molecule has 0 saturated carbocycles. The van der Waals surface area contributed by atoms with E-state index in [9.17, 15) is 0 Å². The quantitative estimate of drug-likeness (QED) is 0.222. The summed E-state index contributed by atoms with van der Waals surface area (Å²) in [7, 11) is 0. The van der Waals surface area contributed by atoms with Crippen LogP contribution in [0.5, 0.6) is 0 Å². The Kier molecular flexibility index (Phi) is 5.14. The van der Waals surface area contributed by atoms with Crippen LogP contribution in [0.25, 0.3) is 77.2 Å². The zero-order valence-corrected chi connectivity index (χ0v) is 21.6. The second kappa shape index (κ2) is 9.11. The highest BCUT2D eigenvalue weighted by molar-refractivity contribution is 6.28. The maximum Gasteiger partial charge on any atom is 0.159 e. The predicted octanol–water partition coefficient (Wildman–Crippen LogP) is 9.44. The van der Waals surface area contributed by atoms with Crippen LogP contribution in [-0.2, 0) is 0 Å². The molecule has 0 fully saturated rings. The average Bonchev–Trinajstić information content (AvgIpc) is 3.04. The van der Waals surface area contributed by atoms with Gasteiger partial charge in [0.15, 0.2) is 5.82 Å². The zero-order chi connectivity index (χ0) is 26.5. The van der Waals surface area contributed by atoms with Gasteiger partial charge in [-0.3, -0.25) is 4.98 Å². The molecule has 0 aliphatic rings. The summed E-state index contributed by atoms with van der Waals surface area (Å²) in [5.74, 6) is 0.734. The van der Waals surface area contributed by atoms with Crippen LogP contribution >= 0.6 is 0 Å². The van der Waals surface area contributed by atoms with E-state index in [4.69, 9.17) is 0 Å². The number of hydrogen-bond donors (Lipinski definition) is 0. The largest absolute Gasteiger partial charge is 0.256 e. The van der Waals surface area contributed by atoms with Crippen molar-refractivity contribution in [2.45, 2.75) is 0 Å². The first-order chi connectivity index (χ1) is 19.8. The van der Waals surface area contributed by atoms with Crippen molar-refractivity contribution in [3.05, 3.63) is 140 Å². The number of benzene rings is 6. The van der Waals surface area contributed by atoms with Crippen LogP contribution in [0, 0.1) is 0 Å². The van der Waals surface area contributed by atoms with Crippen molar-refractivity contribution < 1.29 is 0 Å². The zero-order valence-electron chi connectivity index (χ0n) is 21.6. The highest BCUT2D eigenvalue weighted by atomic mass is 14.8. The van der Waals surface area contributed by atoms with Gasteiger partial charge in [-0.25, -0.2) is 9.97 Å². The molecule has 2 aromatic heterocycles. The minimum atomic E-state index is 0.734. The van der Waals surface area contributed by atoms with Gasteiger partial charge in [-0.05, 0) is 78.8 Å². The van der Waals surface area contributed by atoms with Crippen LogP contribution in [0.15, 0.2) is 140 Å². The molecule has 0 unspecified atom stereocenters. The Morgan fingerprint density at radius 2 is 0.950 bits per heavy atom. The van der Waals surface area contributed by atoms with E-state index >= 15 is 0 Å². The second-order valence-corrected chi connectivity index (χ2v) is 10.1. The Bertz CT molecular complexity index is 1970. The van der Waals surface area contributed by atoms with Gasteiger partial charge in [-0.1, -0.05) is 97.1 Å². The third-order valence-electron chi connectivity index (χ3n) is 7.82. The van der Waals surface area contributed by atoms with Crippen LogP contribution in [0.3, 0.4) is 0 Å². The van der Waals surface area contributed by atoms with Crippen molar-refractivity contribution in [1.29, 1.82) is 0 Å². The van der Waals surface area contributed by atoms with Crippen LogP contribution < -0.4 is 0 Å². The van der Waals surface area contributed by atoms with Gasteiger partial charge in [-0.2, -0.15) is 0 Å². The maximum atomic E-state index is 4.53. The summed E-state index contributed by atoms with van der Waals surface area (Å²) in [5.41, 5.74) is 7.90. The topological polar surface area (TPSA) is 38.7 Å². The molecule has 0 bridgehead atoms. The standard InChI is InChI=1S/C37H23N3/c1-2-20-38-34(7-1)26-12-8-24(9-13-26)32-23-33(25-10-14-29(15-11-25)37-39-21-4-22-40-37)31-19-17-28-6-3-5-27-16-18-30(32)36(31)35(27)28/h1-23H. The van der Waals surface area contributed by atoms with Crippen molar-refractivity contribution >= 4 is 32.3 Å². The number of pyridine rings is 1. The fourth-order valence-corrected chi connectivity index (χ4v) is 5.91. The van der Waals surface area contributed by atoms with Crippen LogP contribution in [0.4, 0.5) is 0 Å². The number of aromatic nitrogens is 3. The molecule has 0 atom stereocenters. The molecule has 6 aromatic carbocycles. The predicted molar refractivity (Wildman–Crippen MR) is 165 cm³/mol. The Labute approximate surface area is 231 Å². The number of nitrogens with zero attached hydrogens (tertiary/aromatic N) is 3. The molecular weight excluding hydrogens is 486 g/mol. The minimum absolute atomic E-state index is 0.734. The van der Waals surface area contributed by atoms with E-state index in [1.54, 1.807) is 12.4 Å². The maximum absolute atomic E-state index is 4.53. The average molecular weight is 510 g/mol. The minimum Gasteiger partial charge on any atom is -0.256 e. The van der Waals surface area contributed by atoms with Gasteiger partial charge in [0, 0.05) is 29.7 Å². The molecule has 0 N–H and O–H groups in total. The molecule has 0 aliphatic heterocycles. The van der Waals surface area contributed by atoms with E-state index in [1.807, 2.05) is 30.5 Å². The first kappa shape index (κ1) is 22.6. The Hall–Kier alpha value is -5.41. The van der Waals surface area contributed by atoms with Gasteiger partial charge < -0.3 is 0 Å². The van der Waals surface area contributed by atoms with E-state index in [-0.39, 0.29) is 0 Å². The summed E-state index contributed by atoms with van der Waals surface area (Å²) in [5, 5.41) is 7.69. The molecule has 186 valence electrons. The van der Waals surface area contributed by atoms with Crippen molar-refractivity contribution in [3.63, 3.8) is 0 Å². The normalized spacial score (nSPS) is 11.5. The molecule has 3 nitrogen and oxygen atoms in total. The highest BCUT2D eigenvalue weighted by Crippen LogP contribution is 2.44. The first-order valence-electron chi connectivity index (χ1n) is 13.4. The molecule has 0 saturated heterocycles. The monoisotopic (exact) mass is 509 g/mol. The lowest BCUT2D eigenvalue weighted by molar-refractivity contribution is 1.18. The van der Waals surface area contributed by atoms with E-state index in [0.29, 0.717) is 0 Å². The Morgan fingerprint density at radius 3 is 1.55 bits per heavy atom. The lowest BCUT2D eigenvalue weighted by Gasteiger charge is -2.18. The van der Waals surface area contributed by atoms with Gasteiger partial charge in [0.05, 0.1) is 5.69 Å². The summed E-state index contributed by atoms with van der Waals surface area (Å²) < 4.78 is 0. The molecule has 2 heterocycles. The summed E-state index contributed by atoms with van der Waals surface area (Å²) in [6, 6.07) is 43.2. The van der Waals surface area contributed by atoms with Crippen molar-refractivity contribution in [2.75, 3.05) is 0 Å².